The molecule has 3 rings (SSSR count). The summed E-state index contributed by atoms with van der Waals surface area (Å²) in [6, 6.07) is 11.8. The summed E-state index contributed by atoms with van der Waals surface area (Å²) in [5.41, 5.74) is 0.0348. The maximum absolute atomic E-state index is 12.8. The molecule has 0 bridgehead atoms. The van der Waals surface area contributed by atoms with Crippen molar-refractivity contribution in [3.05, 3.63) is 64.6 Å². The molecule has 134 valence electrons. The number of carbonyl (C=O) groups is 1. The fourth-order valence-corrected chi connectivity index (χ4v) is 3.11. The number of hydrogen-bond donors (Lipinski definition) is 1. The first kappa shape index (κ1) is 18.1. The number of alkyl halides is 3. The summed E-state index contributed by atoms with van der Waals surface area (Å²) >= 11 is 1.05. The number of thioether (sulfide) groups is 1. The third kappa shape index (κ3) is 4.08. The molecule has 1 N–H and O–H groups in total. The number of aliphatic imine (C=N–C) groups is 1. The lowest BCUT2D eigenvalue weighted by molar-refractivity contribution is -0.137. The van der Waals surface area contributed by atoms with E-state index in [1.165, 1.54) is 19.2 Å². The Labute approximate surface area is 151 Å². The monoisotopic (exact) mass is 378 g/mol. The minimum Gasteiger partial charge on any atom is -0.496 e. The van der Waals surface area contributed by atoms with Crippen LogP contribution in [0.1, 0.15) is 11.1 Å². The van der Waals surface area contributed by atoms with Gasteiger partial charge in [-0.1, -0.05) is 24.3 Å². The van der Waals surface area contributed by atoms with Gasteiger partial charge in [-0.2, -0.15) is 13.2 Å². The Hall–Kier alpha value is -2.74. The Kier molecular flexibility index (Phi) is 5.03. The molecule has 1 amide bonds. The molecule has 0 unspecified atom stereocenters. The van der Waals surface area contributed by atoms with Crippen molar-refractivity contribution in [2.24, 2.45) is 4.99 Å². The number of nitrogens with one attached hydrogen (secondary N) is 1. The average molecular weight is 378 g/mol. The molecule has 26 heavy (non-hydrogen) atoms. The molecule has 2 aromatic rings. The normalized spacial score (nSPS) is 17.6. The molecule has 2 aromatic carbocycles. The maximum Gasteiger partial charge on any atom is 0.416 e. The Morgan fingerprint density at radius 1 is 1.15 bits per heavy atom. The molecular weight excluding hydrogens is 365 g/mol. The van der Waals surface area contributed by atoms with Gasteiger partial charge in [-0.3, -0.25) is 4.79 Å². The van der Waals surface area contributed by atoms with Gasteiger partial charge in [0.25, 0.3) is 5.91 Å². The molecule has 0 spiro atoms. The molecule has 1 aliphatic rings. The molecule has 1 heterocycles. The highest BCUT2D eigenvalue weighted by Crippen LogP contribution is 2.33. The number of methoxy groups -OCH3 is 1. The van der Waals surface area contributed by atoms with Gasteiger partial charge >= 0.3 is 6.18 Å². The van der Waals surface area contributed by atoms with Crippen LogP contribution in [0.3, 0.4) is 0 Å². The smallest absolute Gasteiger partial charge is 0.416 e. The predicted molar refractivity (Wildman–Crippen MR) is 95.2 cm³/mol. The van der Waals surface area contributed by atoms with E-state index in [-0.39, 0.29) is 16.8 Å². The number of hydrogen-bond acceptors (Lipinski definition) is 4. The number of carbonyl (C=O) groups excluding carboxylic acids is 1. The predicted octanol–water partition coefficient (Wildman–Crippen LogP) is 4.61. The number of benzene rings is 2. The molecule has 0 atom stereocenters. The summed E-state index contributed by atoms with van der Waals surface area (Å²) in [4.78, 5) is 16.6. The lowest BCUT2D eigenvalue weighted by atomic mass is 10.2. The lowest BCUT2D eigenvalue weighted by Gasteiger charge is -2.06. The van der Waals surface area contributed by atoms with Crippen LogP contribution in [0.5, 0.6) is 5.75 Å². The Balaban J connectivity index is 1.86. The molecular formula is C18H13F3N2O2S. The van der Waals surface area contributed by atoms with Crippen molar-refractivity contribution in [3.8, 4) is 5.75 Å². The van der Waals surface area contributed by atoms with Crippen LogP contribution in [0.15, 0.2) is 58.4 Å². The van der Waals surface area contributed by atoms with Crippen LogP contribution in [0.25, 0.3) is 6.08 Å². The van der Waals surface area contributed by atoms with E-state index in [9.17, 15) is 18.0 Å². The minimum atomic E-state index is -4.45. The second kappa shape index (κ2) is 7.25. The van der Waals surface area contributed by atoms with Crippen LogP contribution in [-0.4, -0.2) is 18.2 Å². The number of amides is 1. The van der Waals surface area contributed by atoms with Crippen molar-refractivity contribution in [2.45, 2.75) is 6.18 Å². The zero-order valence-electron chi connectivity index (χ0n) is 13.5. The summed E-state index contributed by atoms with van der Waals surface area (Å²) in [5, 5.41) is 2.77. The van der Waals surface area contributed by atoms with Gasteiger partial charge in [-0.25, -0.2) is 4.99 Å². The number of ether oxygens (including phenoxy) is 1. The average Bonchev–Trinajstić information content (AvgIpc) is 2.94. The third-order valence-corrected chi connectivity index (χ3v) is 4.39. The highest BCUT2D eigenvalue weighted by molar-refractivity contribution is 8.18. The third-order valence-electron chi connectivity index (χ3n) is 3.48. The number of halogens is 3. The molecule has 1 aliphatic heterocycles. The summed E-state index contributed by atoms with van der Waals surface area (Å²) in [6.07, 6.45) is -2.80. The largest absolute Gasteiger partial charge is 0.496 e. The first-order valence-electron chi connectivity index (χ1n) is 7.46. The van der Waals surface area contributed by atoms with Gasteiger partial charge < -0.3 is 10.1 Å². The van der Waals surface area contributed by atoms with Crippen LogP contribution in [0.2, 0.25) is 0 Å². The highest BCUT2D eigenvalue weighted by Gasteiger charge is 2.30. The number of rotatable bonds is 3. The van der Waals surface area contributed by atoms with E-state index in [2.05, 4.69) is 10.3 Å². The molecule has 1 saturated heterocycles. The Bertz CT molecular complexity index is 907. The molecule has 8 heteroatoms. The van der Waals surface area contributed by atoms with Crippen molar-refractivity contribution in [1.82, 2.24) is 5.32 Å². The van der Waals surface area contributed by atoms with E-state index < -0.39 is 11.7 Å². The van der Waals surface area contributed by atoms with Crippen molar-refractivity contribution in [2.75, 3.05) is 7.11 Å². The van der Waals surface area contributed by atoms with E-state index in [1.54, 1.807) is 18.2 Å². The van der Waals surface area contributed by atoms with E-state index >= 15 is 0 Å². The van der Waals surface area contributed by atoms with E-state index in [1.807, 2.05) is 12.1 Å². The quantitative estimate of drug-likeness (QED) is 0.794. The van der Waals surface area contributed by atoms with E-state index in [0.29, 0.717) is 16.2 Å². The van der Waals surface area contributed by atoms with Gasteiger partial charge in [0, 0.05) is 5.56 Å². The minimum absolute atomic E-state index is 0.112. The zero-order valence-corrected chi connectivity index (χ0v) is 14.3. The zero-order chi connectivity index (χ0) is 18.7. The van der Waals surface area contributed by atoms with Crippen molar-refractivity contribution >= 4 is 34.6 Å². The summed E-state index contributed by atoms with van der Waals surface area (Å²) in [5.74, 6) is 0.239. The first-order valence-corrected chi connectivity index (χ1v) is 8.28. The van der Waals surface area contributed by atoms with E-state index in [4.69, 9.17) is 4.74 Å². The molecule has 0 radical (unpaired) electrons. The first-order chi connectivity index (χ1) is 12.4. The molecule has 0 saturated carbocycles. The molecule has 0 aliphatic carbocycles. The summed E-state index contributed by atoms with van der Waals surface area (Å²) in [6.45, 7) is 0. The second-order valence-electron chi connectivity index (χ2n) is 5.27. The summed E-state index contributed by atoms with van der Waals surface area (Å²) < 4.78 is 43.6. The van der Waals surface area contributed by atoms with Gasteiger partial charge in [0.2, 0.25) is 0 Å². The molecule has 4 nitrogen and oxygen atoms in total. The Morgan fingerprint density at radius 3 is 2.65 bits per heavy atom. The van der Waals surface area contributed by atoms with E-state index in [0.717, 1.165) is 23.9 Å². The number of nitrogens with zero attached hydrogens (tertiary/aromatic N) is 1. The highest BCUT2D eigenvalue weighted by atomic mass is 32.2. The van der Waals surface area contributed by atoms with Crippen molar-refractivity contribution < 1.29 is 22.7 Å². The van der Waals surface area contributed by atoms with Crippen LogP contribution < -0.4 is 10.1 Å². The van der Waals surface area contributed by atoms with Crippen LogP contribution in [-0.2, 0) is 11.0 Å². The van der Waals surface area contributed by atoms with Gasteiger partial charge in [-0.15, -0.1) is 0 Å². The maximum atomic E-state index is 12.8. The van der Waals surface area contributed by atoms with Gasteiger partial charge in [0.1, 0.15) is 5.75 Å². The van der Waals surface area contributed by atoms with Crippen LogP contribution in [0, 0.1) is 0 Å². The lowest BCUT2D eigenvalue weighted by Crippen LogP contribution is -2.19. The Morgan fingerprint density at radius 2 is 1.92 bits per heavy atom. The fourth-order valence-electron chi connectivity index (χ4n) is 2.28. The van der Waals surface area contributed by atoms with Crippen molar-refractivity contribution in [3.63, 3.8) is 0 Å². The summed E-state index contributed by atoms with van der Waals surface area (Å²) in [7, 11) is 1.53. The van der Waals surface area contributed by atoms with Crippen LogP contribution >= 0.6 is 11.8 Å². The molecule has 1 fully saturated rings. The van der Waals surface area contributed by atoms with Gasteiger partial charge in [0.15, 0.2) is 5.17 Å². The van der Waals surface area contributed by atoms with Crippen LogP contribution in [0.4, 0.5) is 18.9 Å². The number of para-hydroxylation sites is 1. The second-order valence-corrected chi connectivity index (χ2v) is 6.30. The molecule has 0 aromatic heterocycles. The van der Waals surface area contributed by atoms with Gasteiger partial charge in [-0.05, 0) is 42.1 Å². The van der Waals surface area contributed by atoms with Crippen molar-refractivity contribution in [1.29, 1.82) is 0 Å². The topological polar surface area (TPSA) is 50.7 Å². The number of amidine groups is 1. The SMILES string of the molecule is COc1ccccc1/C=C1\SC(=Nc2cccc(C(F)(F)F)c2)NC1=O. The van der Waals surface area contributed by atoms with Gasteiger partial charge in [0.05, 0.1) is 23.3 Å². The standard InChI is InChI=1S/C18H13F3N2O2S/c1-25-14-8-3-2-5-11(14)9-15-16(24)23-17(26-15)22-13-7-4-6-12(10-13)18(19,20)21/h2-10H,1H3,(H,22,23,24)/b15-9-. The fraction of sp³-hybridized carbons (Fsp3) is 0.111.